The molecular weight excluding hydrogens is 299 g/mol. The Morgan fingerprint density at radius 1 is 1.30 bits per heavy atom. The Morgan fingerprint density at radius 2 is 2.13 bits per heavy atom. The lowest BCUT2D eigenvalue weighted by atomic mass is 10.2. The molecule has 0 saturated carbocycles. The third-order valence-corrected chi connectivity index (χ3v) is 3.75. The van der Waals surface area contributed by atoms with Gasteiger partial charge in [0.15, 0.2) is 5.76 Å². The topological polar surface area (TPSA) is 63.5 Å². The highest BCUT2D eigenvalue weighted by Crippen LogP contribution is 2.15. The number of amides is 1. The molecule has 1 unspecified atom stereocenters. The quantitative estimate of drug-likeness (QED) is 0.859. The van der Waals surface area contributed by atoms with Gasteiger partial charge in [0.2, 0.25) is 0 Å². The normalized spacial score (nSPS) is 17.2. The minimum absolute atomic E-state index is 0.184. The number of ether oxygens (including phenoxy) is 1. The van der Waals surface area contributed by atoms with Crippen molar-refractivity contribution >= 4 is 5.91 Å². The third kappa shape index (κ3) is 4.32. The summed E-state index contributed by atoms with van der Waals surface area (Å²) in [6.07, 6.45) is 2.22. The zero-order valence-corrected chi connectivity index (χ0v) is 12.7. The number of carbonyl (C=O) groups is 1. The minimum Gasteiger partial charge on any atom is -0.486 e. The number of benzene rings is 1. The minimum atomic E-state index is -0.314. The molecule has 122 valence electrons. The molecule has 1 amide bonds. The van der Waals surface area contributed by atoms with E-state index in [1.165, 1.54) is 12.1 Å². The SMILES string of the molecule is O=C(NCC1CCCN1)c1ccc(COc2ccc(F)cc2)o1. The van der Waals surface area contributed by atoms with Crippen LogP contribution in [0.15, 0.2) is 40.8 Å². The summed E-state index contributed by atoms with van der Waals surface area (Å²) in [6.45, 7) is 1.79. The van der Waals surface area contributed by atoms with Crippen LogP contribution >= 0.6 is 0 Å². The van der Waals surface area contributed by atoms with Crippen LogP contribution in [0.1, 0.15) is 29.2 Å². The Kier molecular flexibility index (Phi) is 4.92. The first kappa shape index (κ1) is 15.6. The van der Waals surface area contributed by atoms with Gasteiger partial charge in [0.05, 0.1) is 0 Å². The van der Waals surface area contributed by atoms with Gasteiger partial charge in [-0.2, -0.15) is 0 Å². The van der Waals surface area contributed by atoms with Crippen molar-refractivity contribution in [2.45, 2.75) is 25.5 Å². The Bertz CT molecular complexity index is 648. The summed E-state index contributed by atoms with van der Waals surface area (Å²) in [4.78, 5) is 12.0. The maximum absolute atomic E-state index is 12.8. The fourth-order valence-corrected chi connectivity index (χ4v) is 2.50. The summed E-state index contributed by atoms with van der Waals surface area (Å²) in [5.41, 5.74) is 0. The monoisotopic (exact) mass is 318 g/mol. The number of rotatable bonds is 6. The van der Waals surface area contributed by atoms with E-state index in [1.807, 2.05) is 0 Å². The van der Waals surface area contributed by atoms with Crippen LogP contribution in [0.5, 0.6) is 5.75 Å². The lowest BCUT2D eigenvalue weighted by Gasteiger charge is -2.10. The van der Waals surface area contributed by atoms with Crippen molar-refractivity contribution in [3.05, 3.63) is 53.7 Å². The second kappa shape index (κ2) is 7.28. The first-order chi connectivity index (χ1) is 11.2. The lowest BCUT2D eigenvalue weighted by Crippen LogP contribution is -2.37. The highest BCUT2D eigenvalue weighted by Gasteiger charge is 2.17. The molecule has 3 rings (SSSR count). The number of furan rings is 1. The summed E-state index contributed by atoms with van der Waals surface area (Å²) in [7, 11) is 0. The fourth-order valence-electron chi connectivity index (χ4n) is 2.50. The number of hydrogen-bond donors (Lipinski definition) is 2. The van der Waals surface area contributed by atoms with Crippen molar-refractivity contribution in [3.63, 3.8) is 0 Å². The predicted octanol–water partition coefficient (Wildman–Crippen LogP) is 2.48. The van der Waals surface area contributed by atoms with Crippen molar-refractivity contribution in [2.75, 3.05) is 13.1 Å². The van der Waals surface area contributed by atoms with Gasteiger partial charge in [0.25, 0.3) is 5.91 Å². The molecule has 0 bridgehead atoms. The van der Waals surface area contributed by atoms with Crippen LogP contribution in [0.2, 0.25) is 0 Å². The molecule has 0 radical (unpaired) electrons. The molecular formula is C17H19FN2O3. The van der Waals surface area contributed by atoms with Crippen molar-refractivity contribution in [1.82, 2.24) is 10.6 Å². The second-order valence-electron chi connectivity index (χ2n) is 5.51. The molecule has 2 aromatic rings. The van der Waals surface area contributed by atoms with E-state index in [0.717, 1.165) is 19.4 Å². The van der Waals surface area contributed by atoms with Gasteiger partial charge >= 0.3 is 0 Å². The molecule has 23 heavy (non-hydrogen) atoms. The average Bonchev–Trinajstić information content (AvgIpc) is 3.24. The van der Waals surface area contributed by atoms with Crippen LogP contribution in [0.3, 0.4) is 0 Å². The predicted molar refractivity (Wildman–Crippen MR) is 82.8 cm³/mol. The number of nitrogens with one attached hydrogen (secondary N) is 2. The number of carbonyl (C=O) groups excluding carboxylic acids is 1. The van der Waals surface area contributed by atoms with E-state index in [1.54, 1.807) is 24.3 Å². The zero-order valence-electron chi connectivity index (χ0n) is 12.7. The summed E-state index contributed by atoms with van der Waals surface area (Å²) < 4.78 is 23.8. The van der Waals surface area contributed by atoms with Crippen molar-refractivity contribution in [2.24, 2.45) is 0 Å². The van der Waals surface area contributed by atoms with Crippen LogP contribution in [-0.2, 0) is 6.61 Å². The maximum Gasteiger partial charge on any atom is 0.287 e. The van der Waals surface area contributed by atoms with Crippen molar-refractivity contribution in [1.29, 1.82) is 0 Å². The third-order valence-electron chi connectivity index (χ3n) is 3.75. The highest BCUT2D eigenvalue weighted by molar-refractivity contribution is 5.91. The first-order valence-corrected chi connectivity index (χ1v) is 7.69. The van der Waals surface area contributed by atoms with E-state index in [-0.39, 0.29) is 24.1 Å². The van der Waals surface area contributed by atoms with E-state index in [9.17, 15) is 9.18 Å². The van der Waals surface area contributed by atoms with E-state index >= 15 is 0 Å². The molecule has 0 aliphatic carbocycles. The summed E-state index contributed by atoms with van der Waals surface area (Å²) >= 11 is 0. The average molecular weight is 318 g/mol. The molecule has 0 spiro atoms. The Hall–Kier alpha value is -2.34. The van der Waals surface area contributed by atoms with Gasteiger partial charge in [-0.05, 0) is 55.8 Å². The molecule has 6 heteroatoms. The van der Waals surface area contributed by atoms with Gasteiger partial charge in [-0.1, -0.05) is 0 Å². The molecule has 1 saturated heterocycles. The lowest BCUT2D eigenvalue weighted by molar-refractivity contribution is 0.0918. The molecule has 1 aromatic heterocycles. The van der Waals surface area contributed by atoms with Crippen LogP contribution in [0, 0.1) is 5.82 Å². The van der Waals surface area contributed by atoms with E-state index in [0.29, 0.717) is 24.1 Å². The Labute approximate surface area is 133 Å². The summed E-state index contributed by atoms with van der Waals surface area (Å²) in [6, 6.07) is 9.41. The fraction of sp³-hybridized carbons (Fsp3) is 0.353. The Morgan fingerprint density at radius 3 is 2.87 bits per heavy atom. The van der Waals surface area contributed by atoms with Crippen LogP contribution in [-0.4, -0.2) is 25.0 Å². The van der Waals surface area contributed by atoms with Gasteiger partial charge < -0.3 is 19.8 Å². The first-order valence-electron chi connectivity index (χ1n) is 7.69. The molecule has 1 aliphatic rings. The molecule has 2 heterocycles. The zero-order chi connectivity index (χ0) is 16.1. The molecule has 5 nitrogen and oxygen atoms in total. The summed E-state index contributed by atoms with van der Waals surface area (Å²) in [5, 5.41) is 6.18. The largest absolute Gasteiger partial charge is 0.486 e. The summed E-state index contributed by atoms with van der Waals surface area (Å²) in [5.74, 6) is 0.804. The van der Waals surface area contributed by atoms with Crippen molar-refractivity contribution in [3.8, 4) is 5.75 Å². The molecule has 1 atom stereocenters. The van der Waals surface area contributed by atoms with Gasteiger partial charge in [-0.25, -0.2) is 4.39 Å². The van der Waals surface area contributed by atoms with Crippen LogP contribution in [0.4, 0.5) is 4.39 Å². The standard InChI is InChI=1S/C17H19FN2O3/c18-12-3-5-14(6-4-12)22-11-15-7-8-16(23-15)17(21)20-10-13-2-1-9-19-13/h3-8,13,19H,1-2,9-11H2,(H,20,21). The van der Waals surface area contributed by atoms with E-state index in [2.05, 4.69) is 10.6 Å². The van der Waals surface area contributed by atoms with Crippen LogP contribution in [0.25, 0.3) is 0 Å². The van der Waals surface area contributed by atoms with Gasteiger partial charge in [-0.3, -0.25) is 4.79 Å². The highest BCUT2D eigenvalue weighted by atomic mass is 19.1. The molecule has 2 N–H and O–H groups in total. The van der Waals surface area contributed by atoms with Gasteiger partial charge in [-0.15, -0.1) is 0 Å². The van der Waals surface area contributed by atoms with Crippen LogP contribution < -0.4 is 15.4 Å². The van der Waals surface area contributed by atoms with Gasteiger partial charge in [0, 0.05) is 12.6 Å². The molecule has 1 fully saturated rings. The Balaban J connectivity index is 1.48. The van der Waals surface area contributed by atoms with E-state index < -0.39 is 0 Å². The van der Waals surface area contributed by atoms with Gasteiger partial charge in [0.1, 0.15) is 23.9 Å². The smallest absolute Gasteiger partial charge is 0.287 e. The molecule has 1 aliphatic heterocycles. The number of halogens is 1. The van der Waals surface area contributed by atoms with Crippen molar-refractivity contribution < 1.29 is 18.3 Å². The molecule has 1 aromatic carbocycles. The number of hydrogen-bond acceptors (Lipinski definition) is 4. The maximum atomic E-state index is 12.8. The second-order valence-corrected chi connectivity index (χ2v) is 5.51. The van der Waals surface area contributed by atoms with E-state index in [4.69, 9.17) is 9.15 Å².